The molecule has 0 saturated carbocycles. The standard InChI is InChI=1S/C20H15N5O3S/c1-29-14-7-5-11(6-8-14)16-15(10-21)19(22)28-20-17(16)18(23-24-20)12-3-2-4-13(9-12)25(26)27/h2-9,16H,22H2,1H3,(H,23,24)/t16-/m1/s1. The minimum Gasteiger partial charge on any atom is -0.420 e. The summed E-state index contributed by atoms with van der Waals surface area (Å²) >= 11 is 1.61. The fraction of sp³-hybridized carbons (Fsp3) is 0.100. The van der Waals surface area contributed by atoms with Gasteiger partial charge in [-0.05, 0) is 24.0 Å². The average Bonchev–Trinajstić information content (AvgIpc) is 3.16. The molecule has 3 aromatic rings. The number of allylic oxidation sites excluding steroid dienone is 1. The lowest BCUT2D eigenvalue weighted by atomic mass is 9.83. The van der Waals surface area contributed by atoms with E-state index in [2.05, 4.69) is 16.3 Å². The summed E-state index contributed by atoms with van der Waals surface area (Å²) in [5, 5.41) is 28.0. The molecule has 0 radical (unpaired) electrons. The van der Waals surface area contributed by atoms with Crippen LogP contribution in [0.2, 0.25) is 0 Å². The van der Waals surface area contributed by atoms with E-state index >= 15 is 0 Å². The fourth-order valence-corrected chi connectivity index (χ4v) is 3.78. The molecule has 0 aliphatic carbocycles. The Balaban J connectivity index is 1.91. The van der Waals surface area contributed by atoms with Gasteiger partial charge in [0.25, 0.3) is 5.69 Å². The van der Waals surface area contributed by atoms with Gasteiger partial charge in [-0.15, -0.1) is 16.9 Å². The van der Waals surface area contributed by atoms with Gasteiger partial charge >= 0.3 is 0 Å². The molecule has 1 aromatic heterocycles. The number of nitrogens with one attached hydrogen (secondary N) is 1. The highest BCUT2D eigenvalue weighted by molar-refractivity contribution is 7.98. The lowest BCUT2D eigenvalue weighted by Gasteiger charge is -2.24. The summed E-state index contributed by atoms with van der Waals surface area (Å²) in [5.41, 5.74) is 8.79. The number of aromatic nitrogens is 2. The van der Waals surface area contributed by atoms with Crippen LogP contribution in [0.15, 0.2) is 64.9 Å². The van der Waals surface area contributed by atoms with E-state index < -0.39 is 10.8 Å². The van der Waals surface area contributed by atoms with E-state index in [1.807, 2.05) is 30.5 Å². The van der Waals surface area contributed by atoms with Crippen molar-refractivity contribution in [2.75, 3.05) is 6.26 Å². The van der Waals surface area contributed by atoms with E-state index in [0.717, 1.165) is 10.5 Å². The van der Waals surface area contributed by atoms with Crippen LogP contribution in [0.25, 0.3) is 11.3 Å². The first kappa shape index (κ1) is 18.6. The van der Waals surface area contributed by atoms with Crippen LogP contribution < -0.4 is 10.5 Å². The highest BCUT2D eigenvalue weighted by atomic mass is 32.2. The van der Waals surface area contributed by atoms with Gasteiger partial charge in [0.15, 0.2) is 0 Å². The molecule has 29 heavy (non-hydrogen) atoms. The van der Waals surface area contributed by atoms with E-state index in [1.54, 1.807) is 23.9 Å². The Kier molecular flexibility index (Phi) is 4.70. The molecule has 0 unspecified atom stereocenters. The molecule has 1 atom stereocenters. The number of nitriles is 1. The van der Waals surface area contributed by atoms with E-state index in [1.165, 1.54) is 12.1 Å². The molecule has 1 aliphatic rings. The predicted molar refractivity (Wildman–Crippen MR) is 108 cm³/mol. The summed E-state index contributed by atoms with van der Waals surface area (Å²) in [4.78, 5) is 11.8. The summed E-state index contributed by atoms with van der Waals surface area (Å²) in [6.07, 6.45) is 1.98. The maximum absolute atomic E-state index is 11.2. The van der Waals surface area contributed by atoms with E-state index in [0.29, 0.717) is 16.8 Å². The molecule has 0 amide bonds. The van der Waals surface area contributed by atoms with Crippen LogP contribution in [-0.2, 0) is 0 Å². The molecule has 0 bridgehead atoms. The van der Waals surface area contributed by atoms with Gasteiger partial charge in [-0.2, -0.15) is 5.26 Å². The number of benzene rings is 2. The van der Waals surface area contributed by atoms with Crippen molar-refractivity contribution < 1.29 is 9.66 Å². The number of nitrogens with two attached hydrogens (primary N) is 1. The highest BCUT2D eigenvalue weighted by Gasteiger charge is 2.35. The number of fused-ring (bicyclic) bond motifs is 1. The van der Waals surface area contributed by atoms with Crippen molar-refractivity contribution in [1.82, 2.24) is 10.2 Å². The van der Waals surface area contributed by atoms with Crippen LogP contribution >= 0.6 is 11.8 Å². The molecular formula is C20H15N5O3S. The topological polar surface area (TPSA) is 131 Å². The number of thioether (sulfide) groups is 1. The Morgan fingerprint density at radius 1 is 1.31 bits per heavy atom. The predicted octanol–water partition coefficient (Wildman–Crippen LogP) is 3.92. The number of rotatable bonds is 4. The van der Waals surface area contributed by atoms with E-state index in [4.69, 9.17) is 10.5 Å². The van der Waals surface area contributed by atoms with Crippen LogP contribution in [0.1, 0.15) is 17.0 Å². The number of ether oxygens (including phenoxy) is 1. The lowest BCUT2D eigenvalue weighted by Crippen LogP contribution is -2.21. The number of nitro groups is 1. The number of nitro benzene ring substituents is 1. The molecule has 0 spiro atoms. The molecule has 2 heterocycles. The zero-order valence-corrected chi connectivity index (χ0v) is 16.1. The number of non-ortho nitro benzene ring substituents is 1. The fourth-order valence-electron chi connectivity index (χ4n) is 3.37. The summed E-state index contributed by atoms with van der Waals surface area (Å²) in [6.45, 7) is 0. The molecule has 144 valence electrons. The number of aromatic amines is 1. The largest absolute Gasteiger partial charge is 0.420 e. The van der Waals surface area contributed by atoms with E-state index in [9.17, 15) is 15.4 Å². The third kappa shape index (κ3) is 3.19. The maximum atomic E-state index is 11.2. The molecule has 0 fully saturated rings. The zero-order valence-electron chi connectivity index (χ0n) is 15.2. The van der Waals surface area contributed by atoms with Crippen molar-refractivity contribution in [3.05, 3.63) is 81.2 Å². The first-order valence-electron chi connectivity index (χ1n) is 8.58. The Morgan fingerprint density at radius 2 is 2.07 bits per heavy atom. The first-order chi connectivity index (χ1) is 14.0. The second kappa shape index (κ2) is 7.33. The van der Waals surface area contributed by atoms with Crippen molar-refractivity contribution in [1.29, 1.82) is 5.26 Å². The van der Waals surface area contributed by atoms with Crippen molar-refractivity contribution in [2.24, 2.45) is 5.73 Å². The van der Waals surface area contributed by atoms with Crippen molar-refractivity contribution in [3.8, 4) is 23.2 Å². The lowest BCUT2D eigenvalue weighted by molar-refractivity contribution is -0.384. The monoisotopic (exact) mass is 405 g/mol. The van der Waals surface area contributed by atoms with Crippen LogP contribution in [0.5, 0.6) is 5.88 Å². The Hall–Kier alpha value is -3.77. The SMILES string of the molecule is CSc1ccc([C@@H]2C(C#N)=C(N)Oc3n[nH]c(-c4cccc([N+](=O)[O-])c4)c32)cc1. The zero-order chi connectivity index (χ0) is 20.5. The average molecular weight is 405 g/mol. The second-order valence-corrected chi connectivity index (χ2v) is 7.20. The summed E-state index contributed by atoms with van der Waals surface area (Å²) in [7, 11) is 0. The van der Waals surface area contributed by atoms with Gasteiger partial charge in [-0.3, -0.25) is 15.2 Å². The molecule has 2 aromatic carbocycles. The summed E-state index contributed by atoms with van der Waals surface area (Å²) in [6, 6.07) is 16.1. The molecule has 4 rings (SSSR count). The normalized spacial score (nSPS) is 15.4. The number of H-pyrrole nitrogens is 1. The van der Waals surface area contributed by atoms with Crippen molar-refractivity contribution >= 4 is 17.4 Å². The van der Waals surface area contributed by atoms with Gasteiger partial charge < -0.3 is 10.5 Å². The van der Waals surface area contributed by atoms with Crippen LogP contribution in [0, 0.1) is 21.4 Å². The van der Waals surface area contributed by atoms with Gasteiger partial charge in [0.1, 0.15) is 11.6 Å². The first-order valence-corrected chi connectivity index (χ1v) is 9.80. The maximum Gasteiger partial charge on any atom is 0.270 e. The third-order valence-corrected chi connectivity index (χ3v) is 5.48. The Morgan fingerprint density at radius 3 is 2.72 bits per heavy atom. The molecule has 0 saturated heterocycles. The Labute approximate surface area is 170 Å². The third-order valence-electron chi connectivity index (χ3n) is 4.73. The molecule has 3 N–H and O–H groups in total. The second-order valence-electron chi connectivity index (χ2n) is 6.32. The van der Waals surface area contributed by atoms with Gasteiger partial charge in [0.05, 0.1) is 22.1 Å². The summed E-state index contributed by atoms with van der Waals surface area (Å²) < 4.78 is 5.57. The summed E-state index contributed by atoms with van der Waals surface area (Å²) in [5.74, 6) is -0.259. The number of nitrogens with zero attached hydrogens (tertiary/aromatic N) is 3. The van der Waals surface area contributed by atoms with Crippen LogP contribution in [-0.4, -0.2) is 21.4 Å². The minimum absolute atomic E-state index is 0.00367. The Bertz CT molecular complexity index is 1180. The molecule has 1 aliphatic heterocycles. The van der Waals surface area contributed by atoms with E-state index in [-0.39, 0.29) is 23.0 Å². The van der Waals surface area contributed by atoms with Gasteiger partial charge in [-0.1, -0.05) is 24.3 Å². The van der Waals surface area contributed by atoms with Crippen molar-refractivity contribution in [2.45, 2.75) is 10.8 Å². The molecule has 8 nitrogen and oxygen atoms in total. The molecule has 9 heteroatoms. The molecular weight excluding hydrogens is 390 g/mol. The van der Waals surface area contributed by atoms with Gasteiger partial charge in [0, 0.05) is 22.6 Å². The van der Waals surface area contributed by atoms with Crippen LogP contribution in [0.3, 0.4) is 0 Å². The number of hydrogen-bond acceptors (Lipinski definition) is 7. The van der Waals surface area contributed by atoms with Gasteiger partial charge in [0.2, 0.25) is 11.8 Å². The van der Waals surface area contributed by atoms with Crippen molar-refractivity contribution in [3.63, 3.8) is 0 Å². The smallest absolute Gasteiger partial charge is 0.270 e. The highest BCUT2D eigenvalue weighted by Crippen LogP contribution is 2.46. The minimum atomic E-state index is -0.507. The van der Waals surface area contributed by atoms with Gasteiger partial charge in [-0.25, -0.2) is 0 Å². The quantitative estimate of drug-likeness (QED) is 0.382. The number of hydrogen-bond donors (Lipinski definition) is 2. The van der Waals surface area contributed by atoms with Crippen LogP contribution in [0.4, 0.5) is 5.69 Å².